The Balaban J connectivity index is 2.02. The first-order chi connectivity index (χ1) is 14.8. The fourth-order valence-electron chi connectivity index (χ4n) is 3.00. The smallest absolute Gasteiger partial charge is 0.342 e. The molecule has 8 heteroatoms. The van der Waals surface area contributed by atoms with Crippen LogP contribution in [-0.4, -0.2) is 32.2 Å². The van der Waals surface area contributed by atoms with E-state index in [4.69, 9.17) is 25.8 Å². The van der Waals surface area contributed by atoms with Gasteiger partial charge in [-0.3, -0.25) is 4.79 Å². The average molecular weight is 460 g/mol. The van der Waals surface area contributed by atoms with Crippen LogP contribution in [0, 0.1) is 0 Å². The molecule has 31 heavy (non-hydrogen) atoms. The van der Waals surface area contributed by atoms with Gasteiger partial charge >= 0.3 is 5.97 Å². The molecule has 0 unspecified atom stereocenters. The third kappa shape index (κ3) is 5.00. The molecule has 0 aliphatic rings. The van der Waals surface area contributed by atoms with Crippen LogP contribution < -0.4 is 14.8 Å². The molecule has 6 nitrogen and oxygen atoms in total. The maximum atomic E-state index is 13.0. The lowest BCUT2D eigenvalue weighted by atomic mass is 10.0. The molecule has 162 valence electrons. The van der Waals surface area contributed by atoms with E-state index in [0.29, 0.717) is 27.1 Å². The molecule has 0 atom stereocenters. The quantitative estimate of drug-likeness (QED) is 0.445. The van der Waals surface area contributed by atoms with Gasteiger partial charge in [-0.1, -0.05) is 29.8 Å². The number of anilines is 1. The number of carbonyl (C=O) groups is 2. The highest BCUT2D eigenvalue weighted by Gasteiger charge is 2.25. The second-order valence-corrected chi connectivity index (χ2v) is 8.13. The van der Waals surface area contributed by atoms with Crippen molar-refractivity contribution in [2.45, 2.75) is 20.0 Å². The zero-order valence-electron chi connectivity index (χ0n) is 17.5. The number of amides is 1. The predicted octanol–water partition coefficient (Wildman–Crippen LogP) is 5.90. The van der Waals surface area contributed by atoms with Crippen LogP contribution in [0.2, 0.25) is 5.02 Å². The van der Waals surface area contributed by atoms with Crippen LogP contribution in [0.4, 0.5) is 5.00 Å². The zero-order chi connectivity index (χ0) is 22.5. The van der Waals surface area contributed by atoms with E-state index in [1.807, 2.05) is 12.1 Å². The molecule has 1 amide bonds. The van der Waals surface area contributed by atoms with Gasteiger partial charge in [-0.2, -0.15) is 0 Å². The number of hydrogen-bond donors (Lipinski definition) is 1. The number of ether oxygens (including phenoxy) is 3. The number of thiophene rings is 1. The summed E-state index contributed by atoms with van der Waals surface area (Å²) >= 11 is 7.24. The molecule has 0 saturated carbocycles. The van der Waals surface area contributed by atoms with Crippen LogP contribution in [-0.2, 0) is 4.74 Å². The van der Waals surface area contributed by atoms with Gasteiger partial charge in [-0.15, -0.1) is 11.3 Å². The molecular weight excluding hydrogens is 438 g/mol. The molecule has 3 rings (SSSR count). The Kier molecular flexibility index (Phi) is 7.20. The Morgan fingerprint density at radius 3 is 2.35 bits per heavy atom. The topological polar surface area (TPSA) is 73.9 Å². The summed E-state index contributed by atoms with van der Waals surface area (Å²) in [5, 5.41) is 5.60. The monoisotopic (exact) mass is 459 g/mol. The van der Waals surface area contributed by atoms with Crippen molar-refractivity contribution in [1.82, 2.24) is 0 Å². The number of carbonyl (C=O) groups excluding carboxylic acids is 2. The van der Waals surface area contributed by atoms with Crippen molar-refractivity contribution in [2.75, 3.05) is 19.5 Å². The molecule has 0 saturated heterocycles. The third-order valence-electron chi connectivity index (χ3n) is 4.37. The highest BCUT2D eigenvalue weighted by molar-refractivity contribution is 7.15. The Hall–Kier alpha value is -3.03. The summed E-state index contributed by atoms with van der Waals surface area (Å²) in [6, 6.07) is 12.1. The van der Waals surface area contributed by atoms with Crippen molar-refractivity contribution in [3.05, 3.63) is 64.0 Å². The van der Waals surface area contributed by atoms with Crippen LogP contribution in [0.3, 0.4) is 0 Å². The molecule has 1 heterocycles. The minimum Gasteiger partial charge on any atom is -0.493 e. The summed E-state index contributed by atoms with van der Waals surface area (Å²) in [5.41, 5.74) is 2.01. The molecule has 3 aromatic rings. The summed E-state index contributed by atoms with van der Waals surface area (Å²) < 4.78 is 16.1. The van der Waals surface area contributed by atoms with E-state index in [-0.39, 0.29) is 17.2 Å². The van der Waals surface area contributed by atoms with Gasteiger partial charge in [-0.25, -0.2) is 4.79 Å². The number of nitrogens with one attached hydrogen (secondary N) is 1. The molecule has 0 radical (unpaired) electrons. The van der Waals surface area contributed by atoms with E-state index in [0.717, 1.165) is 5.56 Å². The second-order valence-electron chi connectivity index (χ2n) is 6.81. The van der Waals surface area contributed by atoms with Crippen LogP contribution in [0.25, 0.3) is 11.1 Å². The van der Waals surface area contributed by atoms with Gasteiger partial charge in [-0.05, 0) is 43.7 Å². The summed E-state index contributed by atoms with van der Waals surface area (Å²) in [6.45, 7) is 3.54. The van der Waals surface area contributed by atoms with Crippen LogP contribution >= 0.6 is 22.9 Å². The number of methoxy groups -OCH3 is 2. The lowest BCUT2D eigenvalue weighted by Gasteiger charge is -2.14. The van der Waals surface area contributed by atoms with Crippen molar-refractivity contribution in [2.24, 2.45) is 0 Å². The van der Waals surface area contributed by atoms with Crippen LogP contribution in [0.15, 0.2) is 47.8 Å². The molecule has 0 aliphatic heterocycles. The number of esters is 1. The fraction of sp³-hybridized carbons (Fsp3) is 0.217. The molecule has 0 spiro atoms. The Bertz CT molecular complexity index is 1090. The minimum atomic E-state index is -0.519. The average Bonchev–Trinajstić information content (AvgIpc) is 3.16. The Labute approximate surface area is 189 Å². The van der Waals surface area contributed by atoms with E-state index in [2.05, 4.69) is 5.32 Å². The number of para-hydroxylation sites is 1. The number of rotatable bonds is 7. The van der Waals surface area contributed by atoms with Crippen molar-refractivity contribution < 1.29 is 23.8 Å². The van der Waals surface area contributed by atoms with Crippen molar-refractivity contribution in [1.29, 1.82) is 0 Å². The van der Waals surface area contributed by atoms with Gasteiger partial charge < -0.3 is 19.5 Å². The van der Waals surface area contributed by atoms with Gasteiger partial charge in [0.15, 0.2) is 11.5 Å². The van der Waals surface area contributed by atoms with Gasteiger partial charge in [0, 0.05) is 16.0 Å². The first-order valence-electron chi connectivity index (χ1n) is 9.46. The minimum absolute atomic E-state index is 0.284. The largest absolute Gasteiger partial charge is 0.493 e. The standard InChI is InChI=1S/C23H22ClNO5S/c1-13(2)30-23(27)19-17(14-8-10-15(24)11-9-14)12-31-22(19)25-21(26)16-6-5-7-18(28-3)20(16)29-4/h5-13H,1-4H3,(H,25,26). The van der Waals surface area contributed by atoms with Crippen LogP contribution in [0.5, 0.6) is 11.5 Å². The van der Waals surface area contributed by atoms with Crippen molar-refractivity contribution in [3.63, 3.8) is 0 Å². The molecule has 1 aromatic heterocycles. The maximum Gasteiger partial charge on any atom is 0.342 e. The van der Waals surface area contributed by atoms with Crippen molar-refractivity contribution in [3.8, 4) is 22.6 Å². The maximum absolute atomic E-state index is 13.0. The van der Waals surface area contributed by atoms with Gasteiger partial charge in [0.25, 0.3) is 5.91 Å². The van der Waals surface area contributed by atoms with Gasteiger partial charge in [0.05, 0.1) is 25.9 Å². The first-order valence-corrected chi connectivity index (χ1v) is 10.7. The van der Waals surface area contributed by atoms with Crippen LogP contribution in [0.1, 0.15) is 34.6 Å². The molecule has 1 N–H and O–H groups in total. The zero-order valence-corrected chi connectivity index (χ0v) is 19.1. The second kappa shape index (κ2) is 9.85. The molecule has 0 bridgehead atoms. The summed E-state index contributed by atoms with van der Waals surface area (Å²) in [7, 11) is 2.96. The molecule has 0 aliphatic carbocycles. The van der Waals surface area contributed by atoms with E-state index < -0.39 is 11.9 Å². The normalized spacial score (nSPS) is 10.6. The molecular formula is C23H22ClNO5S. The number of benzene rings is 2. The van der Waals surface area contributed by atoms with E-state index in [1.54, 1.807) is 49.6 Å². The van der Waals surface area contributed by atoms with Gasteiger partial charge in [0.1, 0.15) is 10.6 Å². The lowest BCUT2D eigenvalue weighted by Crippen LogP contribution is -2.17. The highest BCUT2D eigenvalue weighted by atomic mass is 35.5. The first kappa shape index (κ1) is 22.7. The van der Waals surface area contributed by atoms with E-state index in [1.165, 1.54) is 25.6 Å². The third-order valence-corrected chi connectivity index (χ3v) is 5.52. The lowest BCUT2D eigenvalue weighted by molar-refractivity contribution is 0.0380. The summed E-state index contributed by atoms with van der Waals surface area (Å²) in [5.74, 6) is -0.209. The highest BCUT2D eigenvalue weighted by Crippen LogP contribution is 2.38. The van der Waals surface area contributed by atoms with Crippen molar-refractivity contribution >= 4 is 39.8 Å². The van der Waals surface area contributed by atoms with E-state index in [9.17, 15) is 9.59 Å². The summed E-state index contributed by atoms with van der Waals surface area (Å²) in [6.07, 6.45) is -0.313. The number of hydrogen-bond acceptors (Lipinski definition) is 6. The predicted molar refractivity (Wildman–Crippen MR) is 123 cm³/mol. The Morgan fingerprint density at radius 2 is 1.74 bits per heavy atom. The number of halogens is 1. The van der Waals surface area contributed by atoms with Gasteiger partial charge in [0.2, 0.25) is 0 Å². The Morgan fingerprint density at radius 1 is 1.03 bits per heavy atom. The molecule has 2 aromatic carbocycles. The summed E-state index contributed by atoms with van der Waals surface area (Å²) in [4.78, 5) is 25.9. The fourth-order valence-corrected chi connectivity index (χ4v) is 4.08. The van der Waals surface area contributed by atoms with E-state index >= 15 is 0 Å². The SMILES string of the molecule is COc1cccc(C(=O)Nc2scc(-c3ccc(Cl)cc3)c2C(=O)OC(C)C)c1OC. The molecule has 0 fully saturated rings.